The number of pyridine rings is 1. The van der Waals surface area contributed by atoms with E-state index in [-0.39, 0.29) is 0 Å². The maximum Gasteiger partial charge on any atom is 0.214 e. The highest BCUT2D eigenvalue weighted by atomic mass is 32.2. The lowest BCUT2D eigenvalue weighted by Crippen LogP contribution is -1.99. The van der Waals surface area contributed by atoms with Gasteiger partial charge in [-0.2, -0.15) is 4.68 Å². The van der Waals surface area contributed by atoms with E-state index >= 15 is 0 Å². The molecule has 2 aromatic carbocycles. The molecule has 0 bridgehead atoms. The van der Waals surface area contributed by atoms with Gasteiger partial charge in [-0.05, 0) is 47.7 Å². The zero-order chi connectivity index (χ0) is 18.5. The van der Waals surface area contributed by atoms with Gasteiger partial charge in [0.1, 0.15) is 11.5 Å². The van der Waals surface area contributed by atoms with Gasteiger partial charge in [0.25, 0.3) is 0 Å². The van der Waals surface area contributed by atoms with Gasteiger partial charge < -0.3 is 4.74 Å². The van der Waals surface area contributed by atoms with Crippen molar-refractivity contribution >= 4 is 11.8 Å². The summed E-state index contributed by atoms with van der Waals surface area (Å²) in [5.41, 5.74) is 3.19. The lowest BCUT2D eigenvalue weighted by Gasteiger charge is -2.10. The van der Waals surface area contributed by atoms with Crippen LogP contribution in [0.1, 0.15) is 11.1 Å². The number of rotatable bonds is 6. The van der Waals surface area contributed by atoms with Gasteiger partial charge in [-0.25, -0.2) is 0 Å². The van der Waals surface area contributed by atoms with Crippen molar-refractivity contribution in [3.05, 3.63) is 84.2 Å². The first kappa shape index (κ1) is 17.2. The number of thioether (sulfide) groups is 1. The van der Waals surface area contributed by atoms with Gasteiger partial charge in [0.2, 0.25) is 5.16 Å². The third-order valence-corrected chi connectivity index (χ3v) is 4.88. The summed E-state index contributed by atoms with van der Waals surface area (Å²) >= 11 is 1.56. The summed E-state index contributed by atoms with van der Waals surface area (Å²) in [5.74, 6) is 2.19. The zero-order valence-electron chi connectivity index (χ0n) is 14.7. The Balaban J connectivity index is 1.52. The summed E-state index contributed by atoms with van der Waals surface area (Å²) in [6.45, 7) is 2.05. The second-order valence-electron chi connectivity index (χ2n) is 5.90. The first-order valence-corrected chi connectivity index (χ1v) is 9.42. The fourth-order valence-corrected chi connectivity index (χ4v) is 3.40. The number of aromatic nitrogens is 5. The third kappa shape index (κ3) is 4.15. The third-order valence-electron chi connectivity index (χ3n) is 3.91. The molecule has 134 valence electrons. The zero-order valence-corrected chi connectivity index (χ0v) is 15.5. The average molecular weight is 375 g/mol. The highest BCUT2D eigenvalue weighted by Crippen LogP contribution is 2.30. The van der Waals surface area contributed by atoms with E-state index in [4.69, 9.17) is 4.74 Å². The van der Waals surface area contributed by atoms with E-state index in [0.29, 0.717) is 11.5 Å². The van der Waals surface area contributed by atoms with Crippen LogP contribution < -0.4 is 4.74 Å². The smallest absolute Gasteiger partial charge is 0.214 e. The number of tetrazole rings is 1. The minimum Gasteiger partial charge on any atom is -0.455 e. The van der Waals surface area contributed by atoms with Gasteiger partial charge in [0.15, 0.2) is 0 Å². The molecule has 0 aliphatic heterocycles. The van der Waals surface area contributed by atoms with Crippen molar-refractivity contribution < 1.29 is 4.74 Å². The van der Waals surface area contributed by atoms with Crippen molar-refractivity contribution in [2.24, 2.45) is 0 Å². The molecule has 0 aliphatic rings. The molecular weight excluding hydrogens is 358 g/mol. The van der Waals surface area contributed by atoms with E-state index in [1.54, 1.807) is 28.8 Å². The second kappa shape index (κ2) is 8.01. The number of benzene rings is 2. The Bertz CT molecular complexity index is 1020. The quantitative estimate of drug-likeness (QED) is 0.464. The van der Waals surface area contributed by atoms with Gasteiger partial charge in [-0.15, -0.1) is 5.10 Å². The molecule has 0 saturated carbocycles. The molecule has 0 amide bonds. The van der Waals surface area contributed by atoms with Crippen molar-refractivity contribution in [3.8, 4) is 17.2 Å². The summed E-state index contributed by atoms with van der Waals surface area (Å²) in [4.78, 5) is 4.09. The molecule has 2 aromatic heterocycles. The number of ether oxygens (including phenoxy) is 1. The molecule has 0 aliphatic carbocycles. The van der Waals surface area contributed by atoms with Gasteiger partial charge >= 0.3 is 0 Å². The number of hydrogen-bond donors (Lipinski definition) is 0. The fraction of sp³-hybridized carbons (Fsp3) is 0.100. The Kier molecular flexibility index (Phi) is 5.11. The van der Waals surface area contributed by atoms with E-state index in [0.717, 1.165) is 22.2 Å². The maximum absolute atomic E-state index is 5.97. The number of para-hydroxylation sites is 1. The van der Waals surface area contributed by atoms with Crippen LogP contribution in [0.3, 0.4) is 0 Å². The Morgan fingerprint density at radius 2 is 1.85 bits per heavy atom. The van der Waals surface area contributed by atoms with Crippen LogP contribution in [0.4, 0.5) is 0 Å². The Labute approximate surface area is 161 Å². The van der Waals surface area contributed by atoms with Crippen molar-refractivity contribution in [1.82, 2.24) is 25.2 Å². The molecule has 27 heavy (non-hydrogen) atoms. The van der Waals surface area contributed by atoms with Gasteiger partial charge in [-0.3, -0.25) is 4.98 Å². The molecule has 7 heteroatoms. The maximum atomic E-state index is 5.97. The molecule has 0 fully saturated rings. The molecule has 0 radical (unpaired) electrons. The van der Waals surface area contributed by atoms with Crippen LogP contribution in [0.2, 0.25) is 0 Å². The van der Waals surface area contributed by atoms with Crippen LogP contribution in [-0.2, 0) is 5.75 Å². The number of nitrogens with zero attached hydrogens (tertiary/aromatic N) is 5. The SMILES string of the molecule is Cc1ccc(-n2nnnc2SCc2ccccc2Oc2cccnc2)cc1. The van der Waals surface area contributed by atoms with Crippen molar-refractivity contribution in [3.63, 3.8) is 0 Å². The standard InChI is InChI=1S/C20H17N5OS/c1-15-8-10-17(11-9-15)25-20(22-23-24-25)27-14-16-5-2-3-7-19(16)26-18-6-4-12-21-13-18/h2-13H,14H2,1H3. The minimum absolute atomic E-state index is 0.683. The second-order valence-corrected chi connectivity index (χ2v) is 6.84. The van der Waals surface area contributed by atoms with Gasteiger partial charge in [0, 0.05) is 17.5 Å². The van der Waals surface area contributed by atoms with Gasteiger partial charge in [0.05, 0.1) is 11.9 Å². The molecule has 6 nitrogen and oxygen atoms in total. The predicted molar refractivity (Wildman–Crippen MR) is 104 cm³/mol. The average Bonchev–Trinajstić information content (AvgIpc) is 3.17. The Hall–Kier alpha value is -3.19. The first-order valence-electron chi connectivity index (χ1n) is 8.43. The summed E-state index contributed by atoms with van der Waals surface area (Å²) in [6.07, 6.45) is 3.42. The number of hydrogen-bond acceptors (Lipinski definition) is 6. The lowest BCUT2D eigenvalue weighted by molar-refractivity contribution is 0.476. The predicted octanol–water partition coefficient (Wildman–Crippen LogP) is 4.45. The largest absolute Gasteiger partial charge is 0.455 e. The van der Waals surface area contributed by atoms with Crippen LogP contribution in [0.15, 0.2) is 78.2 Å². The summed E-state index contributed by atoms with van der Waals surface area (Å²) in [6, 6.07) is 19.8. The molecular formula is C20H17N5OS. The van der Waals surface area contributed by atoms with Crippen molar-refractivity contribution in [1.29, 1.82) is 0 Å². The molecule has 0 N–H and O–H groups in total. The van der Waals surface area contributed by atoms with Crippen molar-refractivity contribution in [2.45, 2.75) is 17.8 Å². The summed E-state index contributed by atoms with van der Waals surface area (Å²) in [5, 5.41) is 12.8. The Morgan fingerprint density at radius 1 is 1.00 bits per heavy atom. The highest BCUT2D eigenvalue weighted by Gasteiger charge is 2.11. The molecule has 4 rings (SSSR count). The van der Waals surface area contributed by atoms with E-state index in [1.807, 2.05) is 60.7 Å². The normalized spacial score (nSPS) is 10.7. The molecule has 0 spiro atoms. The van der Waals surface area contributed by atoms with Crippen LogP contribution in [0, 0.1) is 6.92 Å². The fourth-order valence-electron chi connectivity index (χ4n) is 2.52. The van der Waals surface area contributed by atoms with E-state index < -0.39 is 0 Å². The van der Waals surface area contributed by atoms with E-state index in [2.05, 4.69) is 27.4 Å². The molecule has 4 aromatic rings. The van der Waals surface area contributed by atoms with Crippen LogP contribution in [-0.4, -0.2) is 25.2 Å². The first-order chi connectivity index (χ1) is 13.3. The summed E-state index contributed by atoms with van der Waals surface area (Å²) < 4.78 is 7.72. The molecule has 0 atom stereocenters. The van der Waals surface area contributed by atoms with Gasteiger partial charge in [-0.1, -0.05) is 47.7 Å². The van der Waals surface area contributed by atoms with Crippen LogP contribution in [0.5, 0.6) is 11.5 Å². The molecule has 2 heterocycles. The topological polar surface area (TPSA) is 65.7 Å². The molecule has 0 saturated heterocycles. The molecule has 0 unspecified atom stereocenters. The monoisotopic (exact) mass is 375 g/mol. The lowest BCUT2D eigenvalue weighted by atomic mass is 10.2. The Morgan fingerprint density at radius 3 is 2.67 bits per heavy atom. The van der Waals surface area contributed by atoms with E-state index in [1.165, 1.54) is 5.56 Å². The number of aryl methyl sites for hydroxylation is 1. The van der Waals surface area contributed by atoms with Crippen LogP contribution >= 0.6 is 11.8 Å². The summed E-state index contributed by atoms with van der Waals surface area (Å²) in [7, 11) is 0. The minimum atomic E-state index is 0.683. The van der Waals surface area contributed by atoms with E-state index in [9.17, 15) is 0 Å². The van der Waals surface area contributed by atoms with Crippen LogP contribution in [0.25, 0.3) is 5.69 Å². The highest BCUT2D eigenvalue weighted by molar-refractivity contribution is 7.98. The van der Waals surface area contributed by atoms with Crippen molar-refractivity contribution in [2.75, 3.05) is 0 Å².